The Bertz CT molecular complexity index is 474. The Balaban J connectivity index is 1.80. The summed E-state index contributed by atoms with van der Waals surface area (Å²) in [6.45, 7) is 1.42. The third-order valence-corrected chi connectivity index (χ3v) is 2.86. The zero-order valence-corrected chi connectivity index (χ0v) is 10.5. The molecule has 0 aliphatic carbocycles. The molecule has 90 valence electrons. The molecule has 6 heteroatoms. The van der Waals surface area contributed by atoms with Crippen LogP contribution in [0.1, 0.15) is 11.4 Å². The molecule has 2 rings (SSSR count). The van der Waals surface area contributed by atoms with Crippen LogP contribution in [0.2, 0.25) is 10.0 Å². The third-order valence-electron chi connectivity index (χ3n) is 2.26. The summed E-state index contributed by atoms with van der Waals surface area (Å²) in [6.07, 6.45) is 2.04. The topological polar surface area (TPSA) is 51.0 Å². The summed E-state index contributed by atoms with van der Waals surface area (Å²) >= 11 is 11.9. The summed E-state index contributed by atoms with van der Waals surface area (Å²) in [5.41, 5.74) is 0.979. The monoisotopic (exact) mass is 271 g/mol. The lowest BCUT2D eigenvalue weighted by Crippen LogP contribution is -2.17. The minimum atomic E-state index is 0.664. The quantitative estimate of drug-likeness (QED) is 0.850. The average molecular weight is 272 g/mol. The lowest BCUT2D eigenvalue weighted by molar-refractivity contribution is 0.409. The predicted molar refractivity (Wildman–Crippen MR) is 66.2 cm³/mol. The molecule has 2 aromatic rings. The van der Waals surface area contributed by atoms with Gasteiger partial charge in [-0.25, -0.2) is 0 Å². The van der Waals surface area contributed by atoms with Gasteiger partial charge in [-0.1, -0.05) is 28.4 Å². The zero-order chi connectivity index (χ0) is 12.1. The van der Waals surface area contributed by atoms with Gasteiger partial charge in [-0.2, -0.15) is 4.98 Å². The van der Waals surface area contributed by atoms with E-state index < -0.39 is 0 Å². The minimum Gasteiger partial charge on any atom is -0.343 e. The molecule has 0 amide bonds. The molecule has 1 N–H and O–H groups in total. The smallest absolute Gasteiger partial charge is 0.213 e. The first-order valence-corrected chi connectivity index (χ1v) is 5.91. The van der Waals surface area contributed by atoms with Crippen LogP contribution in [0.3, 0.4) is 0 Å². The van der Waals surface area contributed by atoms with Crippen molar-refractivity contribution in [3.05, 3.63) is 46.0 Å². The van der Waals surface area contributed by atoms with Crippen molar-refractivity contribution in [2.45, 2.75) is 13.0 Å². The lowest BCUT2D eigenvalue weighted by Gasteiger charge is -2.06. The first-order valence-electron chi connectivity index (χ1n) is 5.15. The van der Waals surface area contributed by atoms with Crippen molar-refractivity contribution in [2.75, 3.05) is 6.54 Å². The van der Waals surface area contributed by atoms with Crippen LogP contribution in [0.15, 0.2) is 29.1 Å². The average Bonchev–Trinajstić information content (AvgIpc) is 2.82. The van der Waals surface area contributed by atoms with Crippen molar-refractivity contribution in [1.29, 1.82) is 0 Å². The Labute approximate surface area is 109 Å². The fourth-order valence-electron chi connectivity index (χ4n) is 1.40. The molecule has 0 saturated carbocycles. The van der Waals surface area contributed by atoms with E-state index >= 15 is 0 Å². The molecule has 0 saturated heterocycles. The highest BCUT2D eigenvalue weighted by Crippen LogP contribution is 2.20. The van der Waals surface area contributed by atoms with Crippen LogP contribution >= 0.6 is 23.2 Å². The van der Waals surface area contributed by atoms with E-state index in [4.69, 9.17) is 23.2 Å². The van der Waals surface area contributed by atoms with Crippen LogP contribution in [0.4, 0.5) is 0 Å². The van der Waals surface area contributed by atoms with Gasteiger partial charge in [0.1, 0.15) is 0 Å². The van der Waals surface area contributed by atoms with Crippen LogP contribution < -0.4 is 5.32 Å². The van der Waals surface area contributed by atoms with Crippen LogP contribution in [-0.4, -0.2) is 16.7 Å². The molecule has 0 fully saturated rings. The molecular weight excluding hydrogens is 261 g/mol. The molecule has 1 aromatic heterocycles. The van der Waals surface area contributed by atoms with Gasteiger partial charge < -0.3 is 9.84 Å². The van der Waals surface area contributed by atoms with E-state index in [1.807, 2.05) is 6.07 Å². The summed E-state index contributed by atoms with van der Waals surface area (Å²) in [5.74, 6) is 0.690. The van der Waals surface area contributed by atoms with Crippen LogP contribution in [0.5, 0.6) is 0 Å². The van der Waals surface area contributed by atoms with Crippen LogP contribution in [0, 0.1) is 0 Å². The van der Waals surface area contributed by atoms with Crippen LogP contribution in [-0.2, 0) is 13.0 Å². The normalized spacial score (nSPS) is 10.7. The second-order valence-corrected chi connectivity index (χ2v) is 4.35. The van der Waals surface area contributed by atoms with E-state index in [1.54, 1.807) is 12.1 Å². The molecule has 1 aromatic carbocycles. The zero-order valence-electron chi connectivity index (χ0n) is 8.99. The molecule has 0 aliphatic heterocycles. The Morgan fingerprint density at radius 2 is 2.18 bits per heavy atom. The number of hydrogen-bond acceptors (Lipinski definition) is 4. The van der Waals surface area contributed by atoms with Crippen molar-refractivity contribution in [3.8, 4) is 0 Å². The van der Waals surface area contributed by atoms with Gasteiger partial charge in [-0.05, 0) is 23.8 Å². The number of hydrogen-bond donors (Lipinski definition) is 1. The Morgan fingerprint density at radius 1 is 1.29 bits per heavy atom. The van der Waals surface area contributed by atoms with Crippen LogP contribution in [0.25, 0.3) is 0 Å². The van der Waals surface area contributed by atoms with E-state index in [0.717, 1.165) is 12.1 Å². The maximum Gasteiger partial charge on any atom is 0.213 e. The second kappa shape index (κ2) is 6.00. The molecule has 0 radical (unpaired) electrons. The maximum atomic E-state index is 6.04. The molecule has 0 atom stereocenters. The molecule has 0 unspecified atom stereocenters. The number of halogens is 2. The summed E-state index contributed by atoms with van der Waals surface area (Å²) in [4.78, 5) is 3.93. The standard InChI is InChI=1S/C11H11Cl2N3O/c12-9-1-2-10(13)8(5-9)6-14-4-3-11-15-7-17-16-11/h1-2,5,7,14H,3-4,6H2. The highest BCUT2D eigenvalue weighted by Gasteiger charge is 2.02. The van der Waals surface area contributed by atoms with E-state index in [9.17, 15) is 0 Å². The van der Waals surface area contributed by atoms with Gasteiger partial charge >= 0.3 is 0 Å². The molecular formula is C11H11Cl2N3O. The Kier molecular flexibility index (Phi) is 4.36. The summed E-state index contributed by atoms with van der Waals surface area (Å²) in [6, 6.07) is 5.41. The van der Waals surface area contributed by atoms with Gasteiger partial charge in [0.05, 0.1) is 0 Å². The van der Waals surface area contributed by atoms with Gasteiger partial charge in [-0.15, -0.1) is 0 Å². The van der Waals surface area contributed by atoms with Crippen molar-refractivity contribution in [1.82, 2.24) is 15.5 Å². The van der Waals surface area contributed by atoms with E-state index in [0.29, 0.717) is 28.8 Å². The summed E-state index contributed by atoms with van der Waals surface area (Å²) in [7, 11) is 0. The summed E-state index contributed by atoms with van der Waals surface area (Å²) < 4.78 is 4.64. The van der Waals surface area contributed by atoms with Crippen molar-refractivity contribution >= 4 is 23.2 Å². The molecule has 17 heavy (non-hydrogen) atoms. The van der Waals surface area contributed by atoms with Crippen molar-refractivity contribution < 1.29 is 4.52 Å². The number of aromatic nitrogens is 2. The molecule has 4 nitrogen and oxygen atoms in total. The van der Waals surface area contributed by atoms with Gasteiger partial charge in [0, 0.05) is 29.6 Å². The fourth-order valence-corrected chi connectivity index (χ4v) is 1.78. The molecule has 1 heterocycles. The fraction of sp³-hybridized carbons (Fsp3) is 0.273. The van der Waals surface area contributed by atoms with E-state index in [2.05, 4.69) is 20.0 Å². The van der Waals surface area contributed by atoms with Crippen molar-refractivity contribution in [3.63, 3.8) is 0 Å². The number of benzene rings is 1. The van der Waals surface area contributed by atoms with E-state index in [-0.39, 0.29) is 0 Å². The first-order chi connectivity index (χ1) is 8.25. The predicted octanol–water partition coefficient (Wildman–Crippen LogP) is 2.71. The first kappa shape index (κ1) is 12.4. The minimum absolute atomic E-state index is 0.664. The lowest BCUT2D eigenvalue weighted by atomic mass is 10.2. The van der Waals surface area contributed by atoms with Gasteiger partial charge in [0.15, 0.2) is 5.82 Å². The summed E-state index contributed by atoms with van der Waals surface area (Å²) in [5, 5.41) is 8.36. The highest BCUT2D eigenvalue weighted by molar-refractivity contribution is 6.33. The van der Waals surface area contributed by atoms with Crippen molar-refractivity contribution in [2.24, 2.45) is 0 Å². The number of nitrogens with one attached hydrogen (secondary N) is 1. The maximum absolute atomic E-state index is 6.04. The van der Waals surface area contributed by atoms with Gasteiger partial charge in [0.25, 0.3) is 0 Å². The highest BCUT2D eigenvalue weighted by atomic mass is 35.5. The molecule has 0 spiro atoms. The number of nitrogens with zero attached hydrogens (tertiary/aromatic N) is 2. The second-order valence-electron chi connectivity index (χ2n) is 3.51. The third kappa shape index (κ3) is 3.70. The molecule has 0 bridgehead atoms. The molecule has 0 aliphatic rings. The number of rotatable bonds is 5. The van der Waals surface area contributed by atoms with E-state index in [1.165, 1.54) is 6.39 Å². The Hall–Kier alpha value is -1.10. The largest absolute Gasteiger partial charge is 0.343 e. The van der Waals surface area contributed by atoms with Gasteiger partial charge in [-0.3, -0.25) is 0 Å². The van der Waals surface area contributed by atoms with Gasteiger partial charge in [0.2, 0.25) is 6.39 Å². The SMILES string of the molecule is Clc1ccc(Cl)c(CNCCc2ncon2)c1. The Morgan fingerprint density at radius 3 is 2.94 bits per heavy atom.